The second-order valence-corrected chi connectivity index (χ2v) is 5.58. The number of alkyl halides is 1. The Bertz CT molecular complexity index is 224. The third-order valence-corrected chi connectivity index (χ3v) is 4.06. The van der Waals surface area contributed by atoms with Gasteiger partial charge < -0.3 is 9.64 Å². The molecule has 2 aliphatic heterocycles. The van der Waals surface area contributed by atoms with Crippen molar-refractivity contribution in [2.45, 2.75) is 45.4 Å². The Morgan fingerprint density at radius 3 is 2.88 bits per heavy atom. The molecule has 0 unspecified atom stereocenters. The maximum atomic E-state index is 13.6. The molecule has 0 aliphatic carbocycles. The van der Waals surface area contributed by atoms with E-state index in [2.05, 4.69) is 11.8 Å². The van der Waals surface area contributed by atoms with Crippen molar-refractivity contribution in [2.24, 2.45) is 11.8 Å². The zero-order chi connectivity index (χ0) is 11.5. The molecule has 2 fully saturated rings. The van der Waals surface area contributed by atoms with Crippen molar-refractivity contribution in [1.82, 2.24) is 4.90 Å². The standard InChI is InChI=1S/C13H24FNO/c1-10-4-3-6-15(8-10)9-13-11(2)12(14)5-7-16-13/h10-13H,3-9H2,1-2H3/t10-,11-,12+,13-/m0/s1. The Kier molecular flexibility index (Phi) is 4.20. The van der Waals surface area contributed by atoms with Crippen LogP contribution in [0.15, 0.2) is 0 Å². The normalized spacial score (nSPS) is 42.2. The first kappa shape index (κ1) is 12.3. The van der Waals surface area contributed by atoms with Crippen molar-refractivity contribution in [2.75, 3.05) is 26.2 Å². The average Bonchev–Trinajstić information content (AvgIpc) is 2.25. The van der Waals surface area contributed by atoms with E-state index in [0.29, 0.717) is 13.0 Å². The quantitative estimate of drug-likeness (QED) is 0.721. The van der Waals surface area contributed by atoms with Crippen LogP contribution in [0.5, 0.6) is 0 Å². The molecule has 3 heteroatoms. The van der Waals surface area contributed by atoms with Crippen LogP contribution < -0.4 is 0 Å². The van der Waals surface area contributed by atoms with Gasteiger partial charge in [-0.3, -0.25) is 0 Å². The maximum absolute atomic E-state index is 13.6. The van der Waals surface area contributed by atoms with Gasteiger partial charge in [-0.15, -0.1) is 0 Å². The molecule has 0 amide bonds. The molecule has 0 spiro atoms. The molecule has 0 radical (unpaired) electrons. The van der Waals surface area contributed by atoms with E-state index < -0.39 is 6.17 Å². The van der Waals surface area contributed by atoms with Crippen LogP contribution in [0.4, 0.5) is 4.39 Å². The lowest BCUT2D eigenvalue weighted by molar-refractivity contribution is -0.0755. The molecule has 2 aliphatic rings. The number of ether oxygens (including phenoxy) is 1. The molecule has 0 saturated carbocycles. The Morgan fingerprint density at radius 1 is 1.31 bits per heavy atom. The van der Waals surface area contributed by atoms with Gasteiger partial charge in [0, 0.05) is 32.0 Å². The van der Waals surface area contributed by atoms with Crippen LogP contribution in [0.2, 0.25) is 0 Å². The minimum Gasteiger partial charge on any atom is -0.376 e. The zero-order valence-corrected chi connectivity index (χ0v) is 10.5. The Labute approximate surface area is 98.1 Å². The Morgan fingerprint density at radius 2 is 2.12 bits per heavy atom. The van der Waals surface area contributed by atoms with Crippen molar-refractivity contribution in [3.05, 3.63) is 0 Å². The van der Waals surface area contributed by atoms with Gasteiger partial charge in [-0.1, -0.05) is 13.8 Å². The first-order valence-electron chi connectivity index (χ1n) is 6.65. The maximum Gasteiger partial charge on any atom is 0.107 e. The lowest BCUT2D eigenvalue weighted by Gasteiger charge is -2.38. The minimum atomic E-state index is -0.666. The number of likely N-dealkylation sites (tertiary alicyclic amines) is 1. The average molecular weight is 229 g/mol. The molecule has 0 aromatic heterocycles. The van der Waals surface area contributed by atoms with Crippen LogP contribution in [0.25, 0.3) is 0 Å². The first-order valence-corrected chi connectivity index (χ1v) is 6.65. The van der Waals surface area contributed by atoms with E-state index in [0.717, 1.165) is 25.6 Å². The van der Waals surface area contributed by atoms with Crippen LogP contribution in [0.1, 0.15) is 33.1 Å². The van der Waals surface area contributed by atoms with Crippen LogP contribution in [-0.4, -0.2) is 43.4 Å². The van der Waals surface area contributed by atoms with E-state index in [-0.39, 0.29) is 12.0 Å². The third kappa shape index (κ3) is 2.95. The fraction of sp³-hybridized carbons (Fsp3) is 1.00. The van der Waals surface area contributed by atoms with Gasteiger partial charge in [-0.05, 0) is 25.3 Å². The second kappa shape index (κ2) is 5.46. The molecule has 0 N–H and O–H groups in total. The largest absolute Gasteiger partial charge is 0.376 e. The van der Waals surface area contributed by atoms with E-state index in [1.807, 2.05) is 6.92 Å². The van der Waals surface area contributed by atoms with Crippen LogP contribution in [0.3, 0.4) is 0 Å². The highest BCUT2D eigenvalue weighted by Crippen LogP contribution is 2.25. The summed E-state index contributed by atoms with van der Waals surface area (Å²) >= 11 is 0. The van der Waals surface area contributed by atoms with Crippen molar-refractivity contribution in [1.29, 1.82) is 0 Å². The summed E-state index contributed by atoms with van der Waals surface area (Å²) < 4.78 is 19.3. The fourth-order valence-electron chi connectivity index (χ4n) is 2.91. The monoisotopic (exact) mass is 229 g/mol. The molecule has 94 valence electrons. The molecule has 16 heavy (non-hydrogen) atoms. The molecule has 4 atom stereocenters. The molecule has 0 bridgehead atoms. The number of rotatable bonds is 2. The summed E-state index contributed by atoms with van der Waals surface area (Å²) in [5.41, 5.74) is 0. The smallest absolute Gasteiger partial charge is 0.107 e. The minimum absolute atomic E-state index is 0.0611. The highest BCUT2D eigenvalue weighted by molar-refractivity contribution is 4.82. The molecular weight excluding hydrogens is 205 g/mol. The van der Waals surface area contributed by atoms with E-state index in [1.165, 1.54) is 12.8 Å². The summed E-state index contributed by atoms with van der Waals surface area (Å²) in [5, 5.41) is 0. The second-order valence-electron chi connectivity index (χ2n) is 5.58. The van der Waals surface area contributed by atoms with Crippen LogP contribution in [0, 0.1) is 11.8 Å². The highest BCUT2D eigenvalue weighted by Gasteiger charge is 2.32. The summed E-state index contributed by atoms with van der Waals surface area (Å²) in [6, 6.07) is 0. The molecule has 2 heterocycles. The zero-order valence-electron chi connectivity index (χ0n) is 10.5. The molecule has 0 aromatic rings. The van der Waals surface area contributed by atoms with Crippen molar-refractivity contribution in [3.63, 3.8) is 0 Å². The number of halogens is 1. The van der Waals surface area contributed by atoms with Crippen molar-refractivity contribution < 1.29 is 9.13 Å². The molecule has 2 rings (SSSR count). The Balaban J connectivity index is 1.83. The molecule has 2 saturated heterocycles. The van der Waals surface area contributed by atoms with E-state index in [1.54, 1.807) is 0 Å². The SMILES string of the molecule is C[C@H]1CCCN(C[C@@H]2OCC[C@@H](F)[C@@H]2C)C1. The number of hydrogen-bond acceptors (Lipinski definition) is 2. The predicted octanol–water partition coefficient (Wildman–Crippen LogP) is 2.48. The van der Waals surface area contributed by atoms with Crippen molar-refractivity contribution >= 4 is 0 Å². The third-order valence-electron chi connectivity index (χ3n) is 4.06. The van der Waals surface area contributed by atoms with Gasteiger partial charge in [-0.25, -0.2) is 4.39 Å². The van der Waals surface area contributed by atoms with Gasteiger partial charge in [0.25, 0.3) is 0 Å². The highest BCUT2D eigenvalue weighted by atomic mass is 19.1. The number of nitrogens with zero attached hydrogens (tertiary/aromatic N) is 1. The van der Waals surface area contributed by atoms with Gasteiger partial charge in [0.1, 0.15) is 6.17 Å². The number of hydrogen-bond donors (Lipinski definition) is 0. The summed E-state index contributed by atoms with van der Waals surface area (Å²) in [4.78, 5) is 2.45. The van der Waals surface area contributed by atoms with Gasteiger partial charge >= 0.3 is 0 Å². The van der Waals surface area contributed by atoms with Crippen LogP contribution >= 0.6 is 0 Å². The lowest BCUT2D eigenvalue weighted by atomic mass is 9.93. The Hall–Kier alpha value is -0.150. The molecular formula is C13H24FNO. The van der Waals surface area contributed by atoms with E-state index in [9.17, 15) is 4.39 Å². The lowest BCUT2D eigenvalue weighted by Crippen LogP contribution is -2.46. The topological polar surface area (TPSA) is 12.5 Å². The van der Waals surface area contributed by atoms with Gasteiger partial charge in [0.15, 0.2) is 0 Å². The molecule has 2 nitrogen and oxygen atoms in total. The van der Waals surface area contributed by atoms with Gasteiger partial charge in [0.2, 0.25) is 0 Å². The summed E-state index contributed by atoms with van der Waals surface area (Å²) in [7, 11) is 0. The predicted molar refractivity (Wildman–Crippen MR) is 63.3 cm³/mol. The summed E-state index contributed by atoms with van der Waals surface area (Å²) in [6.45, 7) is 8.13. The fourth-order valence-corrected chi connectivity index (χ4v) is 2.91. The molecule has 0 aromatic carbocycles. The van der Waals surface area contributed by atoms with Gasteiger partial charge in [0.05, 0.1) is 6.10 Å². The van der Waals surface area contributed by atoms with E-state index >= 15 is 0 Å². The number of piperidine rings is 1. The summed E-state index contributed by atoms with van der Waals surface area (Å²) in [6.07, 6.45) is 2.63. The van der Waals surface area contributed by atoms with Crippen LogP contribution in [-0.2, 0) is 4.74 Å². The summed E-state index contributed by atoms with van der Waals surface area (Å²) in [5.74, 6) is 0.847. The first-order chi connectivity index (χ1) is 7.66. The van der Waals surface area contributed by atoms with E-state index in [4.69, 9.17) is 4.74 Å². The van der Waals surface area contributed by atoms with Gasteiger partial charge in [-0.2, -0.15) is 0 Å². The van der Waals surface area contributed by atoms with Crippen molar-refractivity contribution in [3.8, 4) is 0 Å².